The van der Waals surface area contributed by atoms with Crippen molar-refractivity contribution < 1.29 is 0 Å². The molecule has 1 nitrogen and oxygen atoms in total. The highest BCUT2D eigenvalue weighted by Crippen LogP contribution is 2.21. The van der Waals surface area contributed by atoms with E-state index < -0.39 is 0 Å². The lowest BCUT2D eigenvalue weighted by Crippen LogP contribution is -2.25. The summed E-state index contributed by atoms with van der Waals surface area (Å²) in [6, 6.07) is 4.57. The highest BCUT2D eigenvalue weighted by molar-refractivity contribution is 9.09. The van der Waals surface area contributed by atoms with Crippen LogP contribution in [-0.4, -0.2) is 11.4 Å². The lowest BCUT2D eigenvalue weighted by molar-refractivity contribution is 0.542. The molecule has 13 heavy (non-hydrogen) atoms. The predicted octanol–water partition coefficient (Wildman–Crippen LogP) is 3.66. The van der Waals surface area contributed by atoms with Crippen LogP contribution in [0.4, 0.5) is 0 Å². The highest BCUT2D eigenvalue weighted by atomic mass is 79.9. The second-order valence-electron chi connectivity index (χ2n) is 2.97. The molecule has 74 valence electrons. The number of hydrogen-bond acceptors (Lipinski definition) is 2. The summed E-state index contributed by atoms with van der Waals surface area (Å²) in [7, 11) is 0. The first kappa shape index (κ1) is 11.5. The van der Waals surface area contributed by atoms with Crippen LogP contribution in [-0.2, 0) is 6.54 Å². The molecule has 0 aliphatic carbocycles. The minimum absolute atomic E-state index is 0.556. The lowest BCUT2D eigenvalue weighted by Gasteiger charge is -2.10. The smallest absolute Gasteiger partial charge is 0.0931 e. The van der Waals surface area contributed by atoms with Gasteiger partial charge in [-0.25, -0.2) is 0 Å². The van der Waals surface area contributed by atoms with E-state index in [1.807, 2.05) is 6.07 Å². The van der Waals surface area contributed by atoms with E-state index in [0.29, 0.717) is 6.04 Å². The summed E-state index contributed by atoms with van der Waals surface area (Å²) >= 11 is 10.9. The monoisotopic (exact) mass is 281 g/mol. The van der Waals surface area contributed by atoms with Crippen LogP contribution in [0.15, 0.2) is 12.1 Å². The molecule has 1 heterocycles. The summed E-state index contributed by atoms with van der Waals surface area (Å²) in [6.45, 7) is 3.11. The topological polar surface area (TPSA) is 12.0 Å². The van der Waals surface area contributed by atoms with E-state index in [9.17, 15) is 0 Å². The van der Waals surface area contributed by atoms with Crippen LogP contribution >= 0.6 is 38.9 Å². The van der Waals surface area contributed by atoms with Gasteiger partial charge in [-0.15, -0.1) is 11.3 Å². The highest BCUT2D eigenvalue weighted by Gasteiger charge is 2.01. The molecule has 4 heteroatoms. The molecule has 0 saturated carbocycles. The molecule has 0 saturated heterocycles. The molecule has 1 unspecified atom stereocenters. The summed E-state index contributed by atoms with van der Waals surface area (Å²) in [5.41, 5.74) is 0. The first-order valence-corrected chi connectivity index (χ1v) is 6.57. The second-order valence-corrected chi connectivity index (χ2v) is 5.56. The van der Waals surface area contributed by atoms with E-state index in [-0.39, 0.29) is 0 Å². The van der Waals surface area contributed by atoms with Crippen LogP contribution in [0.5, 0.6) is 0 Å². The minimum atomic E-state index is 0.556. The van der Waals surface area contributed by atoms with E-state index in [4.69, 9.17) is 11.6 Å². The number of rotatable bonds is 5. The Morgan fingerprint density at radius 1 is 1.62 bits per heavy atom. The quantitative estimate of drug-likeness (QED) is 0.813. The zero-order chi connectivity index (χ0) is 9.68. The fraction of sp³-hybridized carbons (Fsp3) is 0.556. The number of nitrogens with one attached hydrogen (secondary N) is 1. The Labute approximate surface area is 96.6 Å². The van der Waals surface area contributed by atoms with Crippen molar-refractivity contribution in [2.45, 2.75) is 25.9 Å². The van der Waals surface area contributed by atoms with Crippen molar-refractivity contribution in [2.75, 3.05) is 5.33 Å². The molecular formula is C9H13BrClNS. The van der Waals surface area contributed by atoms with Gasteiger partial charge in [0, 0.05) is 22.8 Å². The van der Waals surface area contributed by atoms with Crippen LogP contribution in [0.25, 0.3) is 0 Å². The van der Waals surface area contributed by atoms with Crippen LogP contribution in [0.1, 0.15) is 18.2 Å². The van der Waals surface area contributed by atoms with Crippen molar-refractivity contribution >= 4 is 38.9 Å². The molecule has 0 radical (unpaired) electrons. The first-order chi connectivity index (χ1) is 6.22. The van der Waals surface area contributed by atoms with E-state index >= 15 is 0 Å². The molecule has 0 fully saturated rings. The Bertz CT molecular complexity index is 252. The van der Waals surface area contributed by atoms with Gasteiger partial charge in [0.05, 0.1) is 4.34 Å². The summed E-state index contributed by atoms with van der Waals surface area (Å²) in [6.07, 6.45) is 1.15. The number of hydrogen-bond donors (Lipinski definition) is 1. The van der Waals surface area contributed by atoms with Crippen molar-refractivity contribution in [3.63, 3.8) is 0 Å². The standard InChI is InChI=1S/C9H13BrClNS/c1-7(4-5-10)12-6-8-2-3-9(11)13-8/h2-3,7,12H,4-6H2,1H3. The Morgan fingerprint density at radius 2 is 2.38 bits per heavy atom. The number of halogens is 2. The van der Waals surface area contributed by atoms with E-state index in [1.54, 1.807) is 11.3 Å². The molecule has 1 atom stereocenters. The Hall–Kier alpha value is 0.430. The lowest BCUT2D eigenvalue weighted by atomic mass is 10.2. The van der Waals surface area contributed by atoms with Gasteiger partial charge in [0.1, 0.15) is 0 Å². The normalized spacial score (nSPS) is 13.2. The van der Waals surface area contributed by atoms with Gasteiger partial charge in [0.15, 0.2) is 0 Å². The third-order valence-electron chi connectivity index (χ3n) is 1.80. The largest absolute Gasteiger partial charge is 0.309 e. The van der Waals surface area contributed by atoms with Crippen molar-refractivity contribution in [3.05, 3.63) is 21.3 Å². The molecule has 0 aliphatic rings. The van der Waals surface area contributed by atoms with Gasteiger partial charge in [-0.2, -0.15) is 0 Å². The SMILES string of the molecule is CC(CCBr)NCc1ccc(Cl)s1. The van der Waals surface area contributed by atoms with Gasteiger partial charge in [-0.3, -0.25) is 0 Å². The zero-order valence-corrected chi connectivity index (χ0v) is 10.7. The molecular weight excluding hydrogens is 270 g/mol. The van der Waals surface area contributed by atoms with Gasteiger partial charge in [-0.05, 0) is 25.5 Å². The maximum atomic E-state index is 5.82. The fourth-order valence-electron chi connectivity index (χ4n) is 0.987. The van der Waals surface area contributed by atoms with E-state index in [1.165, 1.54) is 4.88 Å². The first-order valence-electron chi connectivity index (χ1n) is 4.26. The second kappa shape index (κ2) is 6.02. The predicted molar refractivity (Wildman–Crippen MR) is 64.0 cm³/mol. The van der Waals surface area contributed by atoms with Crippen LogP contribution in [0.3, 0.4) is 0 Å². The minimum Gasteiger partial charge on any atom is -0.309 e. The van der Waals surface area contributed by atoms with Crippen LogP contribution in [0.2, 0.25) is 4.34 Å². The molecule has 0 spiro atoms. The van der Waals surface area contributed by atoms with Crippen molar-refractivity contribution in [1.82, 2.24) is 5.32 Å². The summed E-state index contributed by atoms with van der Waals surface area (Å²) in [5, 5.41) is 4.48. The van der Waals surface area contributed by atoms with Gasteiger partial charge in [-0.1, -0.05) is 27.5 Å². The Morgan fingerprint density at radius 3 is 2.92 bits per heavy atom. The van der Waals surface area contributed by atoms with Crippen molar-refractivity contribution in [1.29, 1.82) is 0 Å². The number of alkyl halides is 1. The van der Waals surface area contributed by atoms with Gasteiger partial charge < -0.3 is 5.32 Å². The maximum absolute atomic E-state index is 5.82. The molecule has 1 aromatic rings. The molecule has 0 aliphatic heterocycles. The van der Waals surface area contributed by atoms with E-state index in [2.05, 4.69) is 34.2 Å². The summed E-state index contributed by atoms with van der Waals surface area (Å²) < 4.78 is 0.866. The Kier molecular flexibility index (Phi) is 5.32. The van der Waals surface area contributed by atoms with Crippen molar-refractivity contribution in [2.24, 2.45) is 0 Å². The van der Waals surface area contributed by atoms with Crippen molar-refractivity contribution in [3.8, 4) is 0 Å². The molecule has 0 aromatic carbocycles. The van der Waals surface area contributed by atoms with Crippen LogP contribution in [0, 0.1) is 0 Å². The third-order valence-corrected chi connectivity index (χ3v) is 3.48. The van der Waals surface area contributed by atoms with Gasteiger partial charge >= 0.3 is 0 Å². The molecule has 0 bridgehead atoms. The molecule has 1 rings (SSSR count). The molecule has 1 N–H and O–H groups in total. The maximum Gasteiger partial charge on any atom is 0.0931 e. The number of thiophene rings is 1. The fourth-order valence-corrected chi connectivity index (χ4v) is 2.71. The molecule has 0 amide bonds. The Balaban J connectivity index is 2.26. The summed E-state index contributed by atoms with van der Waals surface area (Å²) in [4.78, 5) is 1.30. The zero-order valence-electron chi connectivity index (χ0n) is 7.52. The molecule has 1 aromatic heterocycles. The van der Waals surface area contributed by atoms with Gasteiger partial charge in [0.2, 0.25) is 0 Å². The van der Waals surface area contributed by atoms with E-state index in [0.717, 1.165) is 22.6 Å². The average molecular weight is 283 g/mol. The average Bonchev–Trinajstić information content (AvgIpc) is 2.49. The summed E-state index contributed by atoms with van der Waals surface area (Å²) in [5.74, 6) is 0. The van der Waals surface area contributed by atoms with Crippen LogP contribution < -0.4 is 5.32 Å². The van der Waals surface area contributed by atoms with Gasteiger partial charge in [0.25, 0.3) is 0 Å². The third kappa shape index (κ3) is 4.45.